The Morgan fingerprint density at radius 1 is 1.05 bits per heavy atom. The number of nitrogens with zero attached hydrogens (tertiary/aromatic N) is 1. The van der Waals surface area contributed by atoms with E-state index in [4.69, 9.17) is 0 Å². The second kappa shape index (κ2) is 9.04. The minimum atomic E-state index is 0.660. The number of hydrogen-bond donors (Lipinski definition) is 1. The highest BCUT2D eigenvalue weighted by Gasteiger charge is 2.25. The van der Waals surface area contributed by atoms with E-state index in [1.54, 1.807) is 0 Å². The molecule has 1 N–H and O–H groups in total. The lowest BCUT2D eigenvalue weighted by molar-refractivity contribution is 0.215. The van der Waals surface area contributed by atoms with E-state index in [0.717, 1.165) is 23.8 Å². The van der Waals surface area contributed by atoms with Gasteiger partial charge in [0.2, 0.25) is 0 Å². The third kappa shape index (κ3) is 7.64. The van der Waals surface area contributed by atoms with Crippen molar-refractivity contribution in [1.29, 1.82) is 0 Å². The molecule has 0 heterocycles. The van der Waals surface area contributed by atoms with Gasteiger partial charge >= 0.3 is 0 Å². The minimum Gasteiger partial charge on any atom is -0.310 e. The quantitative estimate of drug-likeness (QED) is 0.719. The van der Waals surface area contributed by atoms with Crippen molar-refractivity contribution in [2.75, 3.05) is 20.6 Å². The third-order valence-electron chi connectivity index (χ3n) is 4.40. The van der Waals surface area contributed by atoms with Crippen molar-refractivity contribution in [3.05, 3.63) is 0 Å². The second-order valence-corrected chi connectivity index (χ2v) is 8.11. The lowest BCUT2D eigenvalue weighted by Crippen LogP contribution is -2.46. The van der Waals surface area contributed by atoms with Gasteiger partial charge in [-0.25, -0.2) is 0 Å². The van der Waals surface area contributed by atoms with Gasteiger partial charge in [0.05, 0.1) is 0 Å². The van der Waals surface area contributed by atoms with Crippen LogP contribution in [0.1, 0.15) is 66.2 Å². The van der Waals surface area contributed by atoms with Crippen molar-refractivity contribution in [1.82, 2.24) is 10.2 Å². The number of nitrogens with one attached hydrogen (secondary N) is 1. The molecule has 0 aromatic rings. The Bertz CT molecular complexity index is 238. The van der Waals surface area contributed by atoms with Crippen molar-refractivity contribution in [3.63, 3.8) is 0 Å². The molecule has 0 spiro atoms. The molecule has 0 aromatic carbocycles. The highest BCUT2D eigenvalue weighted by molar-refractivity contribution is 4.83. The van der Waals surface area contributed by atoms with Gasteiger partial charge < -0.3 is 10.2 Å². The molecule has 120 valence electrons. The zero-order chi connectivity index (χ0) is 15.1. The molecule has 0 amide bonds. The smallest absolute Gasteiger partial charge is 0.0199 e. The summed E-state index contributed by atoms with van der Waals surface area (Å²) in [6.45, 7) is 10.6. The highest BCUT2D eigenvalue weighted by Crippen LogP contribution is 2.29. The first-order valence-corrected chi connectivity index (χ1v) is 8.77. The van der Waals surface area contributed by atoms with E-state index in [1.165, 1.54) is 45.1 Å². The van der Waals surface area contributed by atoms with E-state index in [2.05, 4.69) is 52.0 Å². The summed E-state index contributed by atoms with van der Waals surface area (Å²) in [5.41, 5.74) is 0. The van der Waals surface area contributed by atoms with Gasteiger partial charge in [-0.1, -0.05) is 40.5 Å². The third-order valence-corrected chi connectivity index (χ3v) is 4.40. The second-order valence-electron chi connectivity index (χ2n) is 8.11. The Balaban J connectivity index is 2.45. The van der Waals surface area contributed by atoms with Crippen LogP contribution in [0.15, 0.2) is 0 Å². The molecule has 1 fully saturated rings. The Morgan fingerprint density at radius 3 is 2.30 bits per heavy atom. The topological polar surface area (TPSA) is 15.3 Å². The van der Waals surface area contributed by atoms with Crippen LogP contribution in [-0.2, 0) is 0 Å². The molecule has 2 nitrogen and oxygen atoms in total. The molecule has 1 aliphatic rings. The van der Waals surface area contributed by atoms with Crippen molar-refractivity contribution in [2.45, 2.75) is 78.3 Å². The van der Waals surface area contributed by atoms with Crippen LogP contribution in [0.25, 0.3) is 0 Å². The van der Waals surface area contributed by atoms with Gasteiger partial charge in [-0.05, 0) is 57.5 Å². The first kappa shape index (κ1) is 18.0. The average Bonchev–Trinajstić information content (AvgIpc) is 2.26. The van der Waals surface area contributed by atoms with Crippen LogP contribution in [0.3, 0.4) is 0 Å². The monoisotopic (exact) mass is 282 g/mol. The van der Waals surface area contributed by atoms with Crippen LogP contribution in [0.2, 0.25) is 0 Å². The molecule has 0 saturated heterocycles. The molecule has 1 aliphatic carbocycles. The SMILES string of the molecule is CC(C)CC1CCCC(NC(CC(C)C)CN(C)C)C1. The van der Waals surface area contributed by atoms with E-state index < -0.39 is 0 Å². The molecule has 3 atom stereocenters. The van der Waals surface area contributed by atoms with Crippen LogP contribution >= 0.6 is 0 Å². The Hall–Kier alpha value is -0.0800. The average molecular weight is 283 g/mol. The molecule has 2 heteroatoms. The van der Waals surface area contributed by atoms with Crippen molar-refractivity contribution < 1.29 is 0 Å². The summed E-state index contributed by atoms with van der Waals surface area (Å²) >= 11 is 0. The normalized spacial score (nSPS) is 25.6. The molecule has 0 aromatic heterocycles. The fourth-order valence-corrected chi connectivity index (χ4v) is 3.86. The summed E-state index contributed by atoms with van der Waals surface area (Å²) in [7, 11) is 4.38. The van der Waals surface area contributed by atoms with Crippen molar-refractivity contribution in [3.8, 4) is 0 Å². The van der Waals surface area contributed by atoms with Crippen LogP contribution in [0, 0.1) is 17.8 Å². The van der Waals surface area contributed by atoms with Crippen LogP contribution in [0.5, 0.6) is 0 Å². The molecular weight excluding hydrogens is 244 g/mol. The fraction of sp³-hybridized carbons (Fsp3) is 1.00. The van der Waals surface area contributed by atoms with Gasteiger partial charge in [-0.3, -0.25) is 0 Å². The molecule has 1 saturated carbocycles. The first-order chi connectivity index (χ1) is 9.36. The van der Waals surface area contributed by atoms with Gasteiger partial charge in [-0.2, -0.15) is 0 Å². The molecular formula is C18H38N2. The van der Waals surface area contributed by atoms with Gasteiger partial charge in [0.1, 0.15) is 0 Å². The van der Waals surface area contributed by atoms with Gasteiger partial charge in [0, 0.05) is 18.6 Å². The molecule has 0 bridgehead atoms. The Labute approximate surface area is 127 Å². The van der Waals surface area contributed by atoms with Gasteiger partial charge in [0.25, 0.3) is 0 Å². The zero-order valence-electron chi connectivity index (χ0n) is 14.8. The zero-order valence-corrected chi connectivity index (χ0v) is 14.8. The van der Waals surface area contributed by atoms with E-state index >= 15 is 0 Å². The predicted octanol–water partition coefficient (Wildman–Crippen LogP) is 4.16. The number of likely N-dealkylation sites (N-methyl/N-ethyl adjacent to an activating group) is 1. The largest absolute Gasteiger partial charge is 0.310 e. The summed E-state index contributed by atoms with van der Waals surface area (Å²) in [5.74, 6) is 2.59. The van der Waals surface area contributed by atoms with E-state index in [1.807, 2.05) is 0 Å². The van der Waals surface area contributed by atoms with Crippen LogP contribution in [-0.4, -0.2) is 37.6 Å². The molecule has 1 rings (SSSR count). The summed E-state index contributed by atoms with van der Waals surface area (Å²) in [6.07, 6.45) is 8.38. The van der Waals surface area contributed by atoms with E-state index in [0.29, 0.717) is 6.04 Å². The number of hydrogen-bond acceptors (Lipinski definition) is 2. The molecule has 3 unspecified atom stereocenters. The maximum absolute atomic E-state index is 3.98. The summed E-state index contributed by atoms with van der Waals surface area (Å²) in [4.78, 5) is 2.33. The maximum Gasteiger partial charge on any atom is 0.0199 e. The number of rotatable bonds is 8. The van der Waals surface area contributed by atoms with Crippen molar-refractivity contribution >= 4 is 0 Å². The van der Waals surface area contributed by atoms with Gasteiger partial charge in [-0.15, -0.1) is 0 Å². The summed E-state index contributed by atoms with van der Waals surface area (Å²) in [5, 5.41) is 3.98. The molecule has 20 heavy (non-hydrogen) atoms. The van der Waals surface area contributed by atoms with Crippen LogP contribution < -0.4 is 5.32 Å². The lowest BCUT2D eigenvalue weighted by Gasteiger charge is -2.35. The van der Waals surface area contributed by atoms with E-state index in [-0.39, 0.29) is 0 Å². The predicted molar refractivity (Wildman–Crippen MR) is 90.1 cm³/mol. The maximum atomic E-state index is 3.98. The molecule has 0 aliphatic heterocycles. The molecule has 0 radical (unpaired) electrons. The van der Waals surface area contributed by atoms with Crippen LogP contribution in [0.4, 0.5) is 0 Å². The highest BCUT2D eigenvalue weighted by atomic mass is 15.1. The van der Waals surface area contributed by atoms with Gasteiger partial charge in [0.15, 0.2) is 0 Å². The van der Waals surface area contributed by atoms with Crippen molar-refractivity contribution in [2.24, 2.45) is 17.8 Å². The summed E-state index contributed by atoms with van der Waals surface area (Å²) in [6, 6.07) is 1.42. The standard InChI is InChI=1S/C18H38N2/c1-14(2)10-16-8-7-9-17(12-16)19-18(11-15(3)4)13-20(5)6/h14-19H,7-13H2,1-6H3. The summed E-state index contributed by atoms with van der Waals surface area (Å²) < 4.78 is 0. The first-order valence-electron chi connectivity index (χ1n) is 8.77. The lowest BCUT2D eigenvalue weighted by atomic mass is 9.80. The van der Waals surface area contributed by atoms with E-state index in [9.17, 15) is 0 Å². The Kier molecular flexibility index (Phi) is 8.13. The fourth-order valence-electron chi connectivity index (χ4n) is 3.86. The minimum absolute atomic E-state index is 0.660. The Morgan fingerprint density at radius 2 is 1.75 bits per heavy atom.